The second-order valence-corrected chi connectivity index (χ2v) is 5.93. The number of hydrogen-bond donors (Lipinski definition) is 1. The number of nitrogens with zero attached hydrogens (tertiary/aromatic N) is 5. The molecule has 1 atom stereocenters. The topological polar surface area (TPSA) is 101 Å². The summed E-state index contributed by atoms with van der Waals surface area (Å²) in [6.45, 7) is 0. The molecule has 2 aromatic rings. The van der Waals surface area contributed by atoms with Gasteiger partial charge in [0, 0.05) is 5.75 Å². The maximum atomic E-state index is 12.5. The second kappa shape index (κ2) is 5.21. The minimum absolute atomic E-state index is 0.303. The molecule has 0 bridgehead atoms. The Kier molecular flexibility index (Phi) is 3.40. The van der Waals surface area contributed by atoms with Gasteiger partial charge in [-0.1, -0.05) is 0 Å². The van der Waals surface area contributed by atoms with E-state index in [9.17, 15) is 9.59 Å². The Labute approximate surface area is 121 Å². The predicted molar refractivity (Wildman–Crippen MR) is 71.9 cm³/mol. The first-order chi connectivity index (χ1) is 9.68. The summed E-state index contributed by atoms with van der Waals surface area (Å²) < 4.78 is 1.39. The van der Waals surface area contributed by atoms with Crippen LogP contribution in [0.4, 0.5) is 0 Å². The lowest BCUT2D eigenvalue weighted by Gasteiger charge is -2.20. The number of carbonyl (C=O) groups excluding carboxylic acids is 1. The first-order valence-corrected chi connectivity index (χ1v) is 7.64. The van der Waals surface area contributed by atoms with Crippen molar-refractivity contribution < 1.29 is 14.7 Å². The maximum Gasteiger partial charge on any atom is 0.327 e. The maximum absolute atomic E-state index is 12.5. The summed E-state index contributed by atoms with van der Waals surface area (Å²) in [5.41, 5.74) is 0.561. The van der Waals surface area contributed by atoms with Gasteiger partial charge in [-0.2, -0.15) is 4.68 Å². The van der Waals surface area contributed by atoms with Crippen molar-refractivity contribution in [2.45, 2.75) is 6.04 Å². The van der Waals surface area contributed by atoms with Crippen LogP contribution >= 0.6 is 23.1 Å². The number of tetrazole rings is 1. The zero-order valence-electron chi connectivity index (χ0n) is 10.0. The highest BCUT2D eigenvalue weighted by Crippen LogP contribution is 2.28. The van der Waals surface area contributed by atoms with Gasteiger partial charge in [0.15, 0.2) is 0 Å². The summed E-state index contributed by atoms with van der Waals surface area (Å²) in [7, 11) is 0. The molecule has 0 saturated carbocycles. The minimum Gasteiger partial charge on any atom is -0.480 e. The Hall–Kier alpha value is -1.94. The summed E-state index contributed by atoms with van der Waals surface area (Å²) in [4.78, 5) is 25.5. The second-order valence-electron chi connectivity index (χ2n) is 4.02. The molecule has 3 heterocycles. The third kappa shape index (κ3) is 2.16. The first kappa shape index (κ1) is 13.1. The van der Waals surface area contributed by atoms with E-state index in [0.29, 0.717) is 22.2 Å². The molecule has 0 aliphatic carbocycles. The average Bonchev–Trinajstić information content (AvgIpc) is 3.17. The molecule has 0 aromatic carbocycles. The third-order valence-electron chi connectivity index (χ3n) is 2.86. The molecule has 3 rings (SSSR count). The lowest BCUT2D eigenvalue weighted by Crippen LogP contribution is -2.41. The molecule has 10 heteroatoms. The Morgan fingerprint density at radius 2 is 2.30 bits per heavy atom. The number of thiophene rings is 1. The standard InChI is InChI=1S/C10H9N5O3S2/c16-9(14-5-19-3-7(14)10(17)18)8-6(1-2-20-8)15-4-11-12-13-15/h1-2,4,7H,3,5H2,(H,17,18)/t7-/m0/s1. The molecule has 0 spiro atoms. The van der Waals surface area contributed by atoms with E-state index < -0.39 is 12.0 Å². The molecule has 1 amide bonds. The van der Waals surface area contributed by atoms with Crippen molar-refractivity contribution in [1.82, 2.24) is 25.1 Å². The Morgan fingerprint density at radius 1 is 1.45 bits per heavy atom. The van der Waals surface area contributed by atoms with Crippen LogP contribution in [0.15, 0.2) is 17.8 Å². The highest BCUT2D eigenvalue weighted by molar-refractivity contribution is 7.99. The summed E-state index contributed by atoms with van der Waals surface area (Å²) >= 11 is 2.68. The van der Waals surface area contributed by atoms with Gasteiger partial charge < -0.3 is 10.0 Å². The van der Waals surface area contributed by atoms with E-state index in [0.717, 1.165) is 0 Å². The van der Waals surface area contributed by atoms with Crippen LogP contribution in [0.25, 0.3) is 5.69 Å². The fourth-order valence-electron chi connectivity index (χ4n) is 1.89. The number of carboxylic acid groups (broad SMARTS) is 1. The number of hydrogen-bond acceptors (Lipinski definition) is 7. The van der Waals surface area contributed by atoms with Crippen molar-refractivity contribution >= 4 is 35.0 Å². The molecule has 1 fully saturated rings. The fraction of sp³-hybridized carbons (Fsp3) is 0.300. The van der Waals surface area contributed by atoms with Gasteiger partial charge in [-0.15, -0.1) is 28.2 Å². The molecule has 104 valence electrons. The largest absolute Gasteiger partial charge is 0.480 e. The summed E-state index contributed by atoms with van der Waals surface area (Å²) in [5, 5.41) is 21.7. The molecular formula is C10H9N5O3S2. The number of carbonyl (C=O) groups is 2. The summed E-state index contributed by atoms with van der Waals surface area (Å²) in [6, 6.07) is 0.948. The number of aromatic nitrogens is 4. The predicted octanol–water partition coefficient (Wildman–Crippen LogP) is 0.323. The molecule has 8 nitrogen and oxygen atoms in total. The van der Waals surface area contributed by atoms with E-state index in [1.807, 2.05) is 0 Å². The zero-order valence-corrected chi connectivity index (χ0v) is 11.7. The highest BCUT2D eigenvalue weighted by Gasteiger charge is 2.36. The van der Waals surface area contributed by atoms with Gasteiger partial charge in [0.2, 0.25) is 0 Å². The Morgan fingerprint density at radius 3 is 3.00 bits per heavy atom. The van der Waals surface area contributed by atoms with Crippen molar-refractivity contribution in [2.75, 3.05) is 11.6 Å². The van der Waals surface area contributed by atoms with Crippen LogP contribution in [0.3, 0.4) is 0 Å². The quantitative estimate of drug-likeness (QED) is 0.871. The van der Waals surface area contributed by atoms with Gasteiger partial charge in [0.25, 0.3) is 5.91 Å². The van der Waals surface area contributed by atoms with E-state index in [4.69, 9.17) is 5.11 Å². The first-order valence-electron chi connectivity index (χ1n) is 5.61. The highest BCUT2D eigenvalue weighted by atomic mass is 32.2. The number of amides is 1. The van der Waals surface area contributed by atoms with Gasteiger partial charge in [-0.25, -0.2) is 4.79 Å². The average molecular weight is 311 g/mol. The molecule has 1 aliphatic heterocycles. The number of rotatable bonds is 3. The monoisotopic (exact) mass is 311 g/mol. The lowest BCUT2D eigenvalue weighted by molar-refractivity contribution is -0.140. The van der Waals surface area contributed by atoms with E-state index in [2.05, 4.69) is 15.5 Å². The van der Waals surface area contributed by atoms with Crippen LogP contribution in [0, 0.1) is 0 Å². The van der Waals surface area contributed by atoms with Crippen LogP contribution in [-0.4, -0.2) is 59.8 Å². The number of carboxylic acids is 1. The van der Waals surface area contributed by atoms with Gasteiger partial charge in [0.1, 0.15) is 17.2 Å². The number of aliphatic carboxylic acids is 1. The molecule has 1 aliphatic rings. The van der Waals surface area contributed by atoms with E-state index in [1.165, 1.54) is 39.0 Å². The Balaban J connectivity index is 1.92. The fourth-order valence-corrected chi connectivity index (χ4v) is 3.87. The van der Waals surface area contributed by atoms with Crippen molar-refractivity contribution in [3.8, 4) is 5.69 Å². The number of thioether (sulfide) groups is 1. The van der Waals surface area contributed by atoms with Gasteiger partial charge in [-0.05, 0) is 21.9 Å². The SMILES string of the molecule is O=C(O)[C@@H]1CSCN1C(=O)c1sccc1-n1cnnn1. The summed E-state index contributed by atoms with van der Waals surface area (Å²) in [6.07, 6.45) is 1.40. The van der Waals surface area contributed by atoms with Gasteiger partial charge >= 0.3 is 5.97 Å². The van der Waals surface area contributed by atoms with Crippen molar-refractivity contribution in [1.29, 1.82) is 0 Å². The summed E-state index contributed by atoms with van der Waals surface area (Å²) in [5.74, 6) is -0.498. The van der Waals surface area contributed by atoms with Crippen LogP contribution in [-0.2, 0) is 4.79 Å². The van der Waals surface area contributed by atoms with E-state index in [-0.39, 0.29) is 5.91 Å². The van der Waals surface area contributed by atoms with Crippen molar-refractivity contribution in [3.63, 3.8) is 0 Å². The van der Waals surface area contributed by atoms with E-state index >= 15 is 0 Å². The molecule has 0 unspecified atom stereocenters. The minimum atomic E-state index is -0.983. The molecule has 1 saturated heterocycles. The molecular weight excluding hydrogens is 302 g/mol. The molecule has 0 radical (unpaired) electrons. The lowest BCUT2D eigenvalue weighted by atomic mass is 10.2. The molecule has 2 aromatic heterocycles. The van der Waals surface area contributed by atoms with Gasteiger partial charge in [-0.3, -0.25) is 4.79 Å². The molecule has 1 N–H and O–H groups in total. The van der Waals surface area contributed by atoms with Gasteiger partial charge in [0.05, 0.1) is 11.6 Å². The van der Waals surface area contributed by atoms with Crippen molar-refractivity contribution in [3.05, 3.63) is 22.7 Å². The molecule has 20 heavy (non-hydrogen) atoms. The van der Waals surface area contributed by atoms with Crippen LogP contribution in [0.1, 0.15) is 9.67 Å². The van der Waals surface area contributed by atoms with Crippen LogP contribution in [0.2, 0.25) is 0 Å². The smallest absolute Gasteiger partial charge is 0.327 e. The zero-order chi connectivity index (χ0) is 14.1. The van der Waals surface area contributed by atoms with E-state index in [1.54, 1.807) is 11.4 Å². The van der Waals surface area contributed by atoms with Crippen LogP contribution in [0.5, 0.6) is 0 Å². The van der Waals surface area contributed by atoms with Crippen molar-refractivity contribution in [2.24, 2.45) is 0 Å². The Bertz CT molecular complexity index is 641. The third-order valence-corrected chi connectivity index (χ3v) is 4.77. The van der Waals surface area contributed by atoms with Crippen LogP contribution < -0.4 is 0 Å². The normalized spacial score (nSPS) is 18.4.